The van der Waals surface area contributed by atoms with E-state index in [9.17, 15) is 4.79 Å². The molecule has 0 fully saturated rings. The molecule has 6 nitrogen and oxygen atoms in total. The van der Waals surface area contributed by atoms with Gasteiger partial charge in [-0.05, 0) is 53.8 Å². The van der Waals surface area contributed by atoms with Crippen molar-refractivity contribution in [1.29, 1.82) is 0 Å². The van der Waals surface area contributed by atoms with Crippen LogP contribution in [-0.2, 0) is 6.42 Å². The largest absolute Gasteiger partial charge is 0.496 e. The summed E-state index contributed by atoms with van der Waals surface area (Å²) in [5.41, 5.74) is 6.27. The molecule has 2 heterocycles. The van der Waals surface area contributed by atoms with Crippen LogP contribution in [0.2, 0.25) is 0 Å². The number of ether oxygens (including phenoxy) is 3. The van der Waals surface area contributed by atoms with Gasteiger partial charge in [-0.15, -0.1) is 0 Å². The summed E-state index contributed by atoms with van der Waals surface area (Å²) in [6.07, 6.45) is 3.62. The van der Waals surface area contributed by atoms with E-state index in [0.29, 0.717) is 20.8 Å². The fraction of sp³-hybridized carbons (Fsp3) is 0.200. The standard InChI is InChI=1S/C30H26N2O4S/c1-34-23-11-7-5-9-19(23)17-26-29(33)32-28(20-13-15-24(35-2)25(16-20)36-3)22-14-12-18-8-4-6-10-21(18)27(22)31-30(32)37-26/h4-11,13,15-17,28H,12,14H2,1-3H3/b26-17-/t28-/m0/s1. The predicted octanol–water partition coefficient (Wildman–Crippen LogP) is 4.34. The van der Waals surface area contributed by atoms with Gasteiger partial charge in [0.1, 0.15) is 5.75 Å². The van der Waals surface area contributed by atoms with Gasteiger partial charge in [0.25, 0.3) is 5.56 Å². The molecular weight excluding hydrogens is 484 g/mol. The molecule has 0 radical (unpaired) electrons. The van der Waals surface area contributed by atoms with Crippen molar-refractivity contribution >= 4 is 23.1 Å². The van der Waals surface area contributed by atoms with Crippen molar-refractivity contribution in [1.82, 2.24) is 4.57 Å². The highest BCUT2D eigenvalue weighted by atomic mass is 32.1. The van der Waals surface area contributed by atoms with Gasteiger partial charge < -0.3 is 14.2 Å². The molecule has 37 heavy (non-hydrogen) atoms. The van der Waals surface area contributed by atoms with Crippen molar-refractivity contribution in [2.45, 2.75) is 18.9 Å². The van der Waals surface area contributed by atoms with E-state index in [0.717, 1.165) is 46.6 Å². The van der Waals surface area contributed by atoms with Crippen LogP contribution >= 0.6 is 11.3 Å². The van der Waals surface area contributed by atoms with Crippen LogP contribution in [0.1, 0.15) is 34.7 Å². The zero-order chi connectivity index (χ0) is 25.5. The summed E-state index contributed by atoms with van der Waals surface area (Å²) in [7, 11) is 4.88. The average Bonchev–Trinajstić information content (AvgIpc) is 3.25. The van der Waals surface area contributed by atoms with E-state index in [-0.39, 0.29) is 11.6 Å². The van der Waals surface area contributed by atoms with E-state index in [1.807, 2.05) is 59.2 Å². The molecule has 1 aliphatic heterocycles. The number of benzene rings is 3. The number of allylic oxidation sites excluding steroid dienone is 1. The molecule has 3 aromatic carbocycles. The van der Waals surface area contributed by atoms with Crippen molar-refractivity contribution in [3.8, 4) is 17.2 Å². The maximum absolute atomic E-state index is 14.0. The van der Waals surface area contributed by atoms with Gasteiger partial charge in [0.05, 0.1) is 37.6 Å². The van der Waals surface area contributed by atoms with Gasteiger partial charge in [0.2, 0.25) is 0 Å². The van der Waals surface area contributed by atoms with Gasteiger partial charge in [-0.2, -0.15) is 0 Å². The van der Waals surface area contributed by atoms with Gasteiger partial charge in [-0.1, -0.05) is 59.9 Å². The molecule has 0 spiro atoms. The summed E-state index contributed by atoms with van der Waals surface area (Å²) in [6, 6.07) is 21.7. The fourth-order valence-corrected chi connectivity index (χ4v) is 6.26. The van der Waals surface area contributed by atoms with Crippen LogP contribution in [0.3, 0.4) is 0 Å². The molecule has 0 saturated heterocycles. The Morgan fingerprint density at radius 1 is 0.892 bits per heavy atom. The molecule has 2 aliphatic rings. The van der Waals surface area contributed by atoms with Crippen molar-refractivity contribution in [2.75, 3.05) is 21.3 Å². The van der Waals surface area contributed by atoms with Crippen LogP contribution in [0.15, 0.2) is 82.1 Å². The smallest absolute Gasteiger partial charge is 0.271 e. The highest BCUT2D eigenvalue weighted by Gasteiger charge is 2.33. The molecule has 1 aromatic heterocycles. The third-order valence-corrected chi connectivity index (χ3v) is 8.00. The quantitative estimate of drug-likeness (QED) is 0.401. The average molecular weight is 511 g/mol. The fourth-order valence-electron chi connectivity index (χ4n) is 5.27. The summed E-state index contributed by atoms with van der Waals surface area (Å²) < 4.78 is 19.1. The van der Waals surface area contributed by atoms with E-state index in [4.69, 9.17) is 19.2 Å². The second kappa shape index (κ2) is 9.41. The van der Waals surface area contributed by atoms with E-state index in [1.54, 1.807) is 21.3 Å². The number of aryl methyl sites for hydroxylation is 1. The minimum absolute atomic E-state index is 0.0696. The van der Waals surface area contributed by atoms with E-state index >= 15 is 0 Å². The number of hydrogen-bond acceptors (Lipinski definition) is 6. The molecule has 1 atom stereocenters. The predicted molar refractivity (Wildman–Crippen MR) is 145 cm³/mol. The number of nitrogens with zero attached hydrogens (tertiary/aromatic N) is 2. The molecule has 7 heteroatoms. The molecule has 0 amide bonds. The third-order valence-electron chi connectivity index (χ3n) is 7.02. The van der Waals surface area contributed by atoms with E-state index in [1.165, 1.54) is 16.9 Å². The molecule has 0 saturated carbocycles. The minimum atomic E-state index is -0.292. The Bertz CT molecular complexity index is 1730. The van der Waals surface area contributed by atoms with Crippen LogP contribution in [0.4, 0.5) is 0 Å². The molecule has 1 aliphatic carbocycles. The lowest BCUT2D eigenvalue weighted by Crippen LogP contribution is -2.38. The summed E-state index contributed by atoms with van der Waals surface area (Å²) in [6.45, 7) is 0. The van der Waals surface area contributed by atoms with Crippen LogP contribution in [0, 0.1) is 0 Å². The summed E-state index contributed by atoms with van der Waals surface area (Å²) in [5, 5.41) is 0. The van der Waals surface area contributed by atoms with Gasteiger partial charge >= 0.3 is 0 Å². The normalized spacial score (nSPS) is 16.4. The zero-order valence-electron chi connectivity index (χ0n) is 20.9. The highest BCUT2D eigenvalue weighted by Crippen LogP contribution is 2.42. The molecule has 0 bridgehead atoms. The number of methoxy groups -OCH3 is 3. The first-order valence-electron chi connectivity index (χ1n) is 12.1. The Hall–Kier alpha value is -4.10. The van der Waals surface area contributed by atoms with Gasteiger partial charge in [0.15, 0.2) is 16.3 Å². The summed E-state index contributed by atoms with van der Waals surface area (Å²) >= 11 is 1.40. The number of aromatic nitrogens is 1. The SMILES string of the molecule is COc1ccccc1/C=c1\sc2n(c1=O)[C@@H](c1ccc(OC)c(OC)c1)C1=C(N=2)c2ccccc2CC1. The molecule has 4 aromatic rings. The highest BCUT2D eigenvalue weighted by molar-refractivity contribution is 7.07. The number of hydrogen-bond donors (Lipinski definition) is 0. The monoisotopic (exact) mass is 510 g/mol. The van der Waals surface area contributed by atoms with Gasteiger partial charge in [-0.3, -0.25) is 9.36 Å². The number of thiazole rings is 1. The number of fused-ring (bicyclic) bond motifs is 3. The minimum Gasteiger partial charge on any atom is -0.496 e. The van der Waals surface area contributed by atoms with E-state index in [2.05, 4.69) is 18.2 Å². The Labute approximate surface area is 218 Å². The molecule has 186 valence electrons. The summed E-state index contributed by atoms with van der Waals surface area (Å²) in [4.78, 5) is 19.7. The first-order chi connectivity index (χ1) is 18.1. The topological polar surface area (TPSA) is 62.0 Å². The van der Waals surface area contributed by atoms with Crippen molar-refractivity contribution in [3.05, 3.63) is 114 Å². The molecular formula is C30H26N2O4S. The Morgan fingerprint density at radius 3 is 2.46 bits per heavy atom. The first-order valence-corrected chi connectivity index (χ1v) is 12.9. The maximum atomic E-state index is 14.0. The van der Waals surface area contributed by atoms with Crippen LogP contribution in [0.25, 0.3) is 11.8 Å². The van der Waals surface area contributed by atoms with Crippen LogP contribution in [0.5, 0.6) is 17.2 Å². The van der Waals surface area contributed by atoms with Crippen molar-refractivity contribution in [3.63, 3.8) is 0 Å². The number of para-hydroxylation sites is 1. The summed E-state index contributed by atoms with van der Waals surface area (Å²) in [5.74, 6) is 2.00. The Balaban J connectivity index is 1.63. The van der Waals surface area contributed by atoms with Gasteiger partial charge in [-0.25, -0.2) is 4.99 Å². The second-order valence-electron chi connectivity index (χ2n) is 8.97. The first kappa shape index (κ1) is 23.3. The maximum Gasteiger partial charge on any atom is 0.271 e. The van der Waals surface area contributed by atoms with Gasteiger partial charge in [0, 0.05) is 11.1 Å². The lowest BCUT2D eigenvalue weighted by atomic mass is 9.83. The van der Waals surface area contributed by atoms with E-state index < -0.39 is 0 Å². The van der Waals surface area contributed by atoms with Crippen molar-refractivity contribution in [2.24, 2.45) is 4.99 Å². The van der Waals surface area contributed by atoms with Crippen LogP contribution < -0.4 is 29.1 Å². The second-order valence-corrected chi connectivity index (χ2v) is 9.98. The van der Waals surface area contributed by atoms with Crippen LogP contribution in [-0.4, -0.2) is 25.9 Å². The van der Waals surface area contributed by atoms with Crippen molar-refractivity contribution < 1.29 is 14.2 Å². The molecule has 0 N–H and O–H groups in total. The lowest BCUT2D eigenvalue weighted by molar-refractivity contribution is 0.354. The Kier molecular flexibility index (Phi) is 5.93. The lowest BCUT2D eigenvalue weighted by Gasteiger charge is -2.31. The zero-order valence-corrected chi connectivity index (χ0v) is 21.7. The molecule has 0 unspecified atom stereocenters. The number of rotatable bonds is 5. The molecule has 6 rings (SSSR count). The third kappa shape index (κ3) is 3.86. The Morgan fingerprint density at radius 2 is 1.65 bits per heavy atom.